The van der Waals surface area contributed by atoms with E-state index in [1.165, 1.54) is 0 Å². The number of rotatable bonds is 0. The van der Waals surface area contributed by atoms with Gasteiger partial charge in [-0.3, -0.25) is 0 Å². The Hall–Kier alpha value is 2.37. The summed E-state index contributed by atoms with van der Waals surface area (Å²) in [6.45, 7) is 0. The van der Waals surface area contributed by atoms with E-state index in [0.717, 1.165) is 0 Å². The molecule has 0 saturated carbocycles. The van der Waals surface area contributed by atoms with Gasteiger partial charge in [0.2, 0.25) is 0 Å². The molecule has 0 atom stereocenters. The standard InChI is InChI=1S/Ag.3S.V/q+1;3*-2;. The molecule has 0 fully saturated rings. The summed E-state index contributed by atoms with van der Waals surface area (Å²) in [4.78, 5) is 0. The van der Waals surface area contributed by atoms with Crippen LogP contribution >= 0.6 is 0 Å². The van der Waals surface area contributed by atoms with E-state index in [0.29, 0.717) is 0 Å². The monoisotopic (exact) mass is 254 g/mol. The fourth-order valence-electron chi connectivity index (χ4n) is 0. The summed E-state index contributed by atoms with van der Waals surface area (Å²) in [6.07, 6.45) is 0. The minimum atomic E-state index is 0. The quantitative estimate of drug-likeness (QED) is 0.534. The summed E-state index contributed by atoms with van der Waals surface area (Å²) >= 11 is 0. The minimum Gasteiger partial charge on any atom is -2.00 e. The van der Waals surface area contributed by atoms with Crippen molar-refractivity contribution < 1.29 is 40.9 Å². The molecule has 0 heterocycles. The second-order valence-corrected chi connectivity index (χ2v) is 0. The molecule has 0 rings (SSSR count). The molecule has 0 bridgehead atoms. The first-order chi connectivity index (χ1) is 0. The van der Waals surface area contributed by atoms with Crippen LogP contribution in [0.15, 0.2) is 0 Å². The Balaban J connectivity index is 0. The van der Waals surface area contributed by atoms with Crippen molar-refractivity contribution in [3.05, 3.63) is 0 Å². The molecule has 0 aliphatic rings. The van der Waals surface area contributed by atoms with Crippen LogP contribution < -0.4 is 0 Å². The van der Waals surface area contributed by atoms with Crippen LogP contribution in [-0.4, -0.2) is 0 Å². The van der Waals surface area contributed by atoms with E-state index in [1.54, 1.807) is 0 Å². The van der Waals surface area contributed by atoms with E-state index in [4.69, 9.17) is 0 Å². The SMILES string of the molecule is [Ag+].[S-2].[S-2].[S-2].[V]. The molecular weight excluding hydrogens is 255 g/mol. The number of hydrogen-bond acceptors (Lipinski definition) is 0. The van der Waals surface area contributed by atoms with E-state index in [9.17, 15) is 0 Å². The molecule has 0 aromatic heterocycles. The molecule has 0 spiro atoms. The fraction of sp³-hybridized carbons (Fsp3) is 0. The van der Waals surface area contributed by atoms with E-state index in [1.807, 2.05) is 0 Å². The summed E-state index contributed by atoms with van der Waals surface area (Å²) in [5.74, 6) is 0. The third-order valence-electron chi connectivity index (χ3n) is 0. The van der Waals surface area contributed by atoms with Crippen LogP contribution in [0.25, 0.3) is 0 Å². The van der Waals surface area contributed by atoms with E-state index in [-0.39, 0.29) is 81.4 Å². The second-order valence-electron chi connectivity index (χ2n) is 0. The average Bonchev–Trinajstić information content (AvgIpc) is 0. The van der Waals surface area contributed by atoms with Crippen LogP contribution in [0.4, 0.5) is 0 Å². The van der Waals surface area contributed by atoms with Gasteiger partial charge in [0, 0.05) is 18.6 Å². The van der Waals surface area contributed by atoms with Crippen molar-refractivity contribution in [3.63, 3.8) is 0 Å². The Morgan fingerprint density at radius 1 is 0.600 bits per heavy atom. The molecule has 0 aliphatic carbocycles. The van der Waals surface area contributed by atoms with Crippen LogP contribution in [0.3, 0.4) is 0 Å². The first kappa shape index (κ1) is 53.1. The van der Waals surface area contributed by atoms with Crippen molar-refractivity contribution in [2.75, 3.05) is 0 Å². The first-order valence-electron chi connectivity index (χ1n) is 0. The van der Waals surface area contributed by atoms with Crippen LogP contribution in [0.5, 0.6) is 0 Å². The Kier molecular flexibility index (Phi) is 347. The molecule has 0 nitrogen and oxygen atoms in total. The van der Waals surface area contributed by atoms with Crippen molar-refractivity contribution >= 4 is 40.5 Å². The summed E-state index contributed by atoms with van der Waals surface area (Å²) in [6, 6.07) is 0. The average molecular weight is 255 g/mol. The maximum atomic E-state index is 0. The molecule has 1 radical (unpaired) electrons. The van der Waals surface area contributed by atoms with E-state index < -0.39 is 0 Å². The van der Waals surface area contributed by atoms with Crippen molar-refractivity contribution in [3.8, 4) is 0 Å². The molecule has 5 heavy (non-hydrogen) atoms. The van der Waals surface area contributed by atoms with Gasteiger partial charge in [0.25, 0.3) is 0 Å². The van der Waals surface area contributed by atoms with Crippen LogP contribution in [0.2, 0.25) is 0 Å². The van der Waals surface area contributed by atoms with Gasteiger partial charge in [-0.15, -0.1) is 0 Å². The zero-order valence-corrected chi connectivity index (χ0v) is 7.30. The summed E-state index contributed by atoms with van der Waals surface area (Å²) in [5, 5.41) is 0. The largest absolute Gasteiger partial charge is 2.00 e. The second kappa shape index (κ2) is 32.7. The van der Waals surface area contributed by atoms with Gasteiger partial charge in [0.15, 0.2) is 0 Å². The fourth-order valence-corrected chi connectivity index (χ4v) is 0. The summed E-state index contributed by atoms with van der Waals surface area (Å²) in [7, 11) is 0. The number of hydrogen-bond donors (Lipinski definition) is 0. The van der Waals surface area contributed by atoms with Gasteiger partial charge in [-0.05, 0) is 0 Å². The van der Waals surface area contributed by atoms with Gasteiger partial charge >= 0.3 is 22.4 Å². The van der Waals surface area contributed by atoms with E-state index >= 15 is 0 Å². The van der Waals surface area contributed by atoms with E-state index in [2.05, 4.69) is 0 Å². The van der Waals surface area contributed by atoms with Crippen molar-refractivity contribution in [1.29, 1.82) is 0 Å². The van der Waals surface area contributed by atoms with Gasteiger partial charge in [-0.25, -0.2) is 0 Å². The Morgan fingerprint density at radius 3 is 0.600 bits per heavy atom. The molecule has 39 valence electrons. The van der Waals surface area contributed by atoms with Gasteiger partial charge < -0.3 is 40.5 Å². The predicted molar refractivity (Wildman–Crippen MR) is 22.1 cm³/mol. The third-order valence-corrected chi connectivity index (χ3v) is 0. The Labute approximate surface area is 80.6 Å². The molecular formula is AgS3V-5. The Morgan fingerprint density at radius 2 is 0.600 bits per heavy atom. The Bertz CT molecular complexity index is 6.85. The molecule has 5 heteroatoms. The van der Waals surface area contributed by atoms with Crippen molar-refractivity contribution in [2.24, 2.45) is 0 Å². The minimum absolute atomic E-state index is 0. The first-order valence-corrected chi connectivity index (χ1v) is 0. The third kappa shape index (κ3) is 21.6. The predicted octanol–water partition coefficient (Wildman–Crippen LogP) is -0.0122. The van der Waals surface area contributed by atoms with Gasteiger partial charge in [-0.2, -0.15) is 0 Å². The normalized spacial score (nSPS) is 0. The van der Waals surface area contributed by atoms with Crippen LogP contribution in [-0.2, 0) is 81.4 Å². The molecule has 0 unspecified atom stereocenters. The maximum absolute atomic E-state index is 0. The van der Waals surface area contributed by atoms with Gasteiger partial charge in [0.1, 0.15) is 0 Å². The van der Waals surface area contributed by atoms with Gasteiger partial charge in [0.05, 0.1) is 0 Å². The molecule has 0 amide bonds. The molecule has 0 aliphatic heterocycles. The summed E-state index contributed by atoms with van der Waals surface area (Å²) in [5.41, 5.74) is 0. The molecule has 0 saturated heterocycles. The van der Waals surface area contributed by atoms with Crippen LogP contribution in [0.1, 0.15) is 0 Å². The molecule has 0 aromatic carbocycles. The molecule has 0 aromatic rings. The van der Waals surface area contributed by atoms with Crippen molar-refractivity contribution in [1.82, 2.24) is 0 Å². The summed E-state index contributed by atoms with van der Waals surface area (Å²) < 4.78 is 0. The smallest absolute Gasteiger partial charge is 1.00 e. The van der Waals surface area contributed by atoms with Gasteiger partial charge in [-0.1, -0.05) is 0 Å². The molecule has 0 N–H and O–H groups in total. The van der Waals surface area contributed by atoms with Crippen molar-refractivity contribution in [2.45, 2.75) is 0 Å². The maximum Gasteiger partial charge on any atom is 1.00 e. The zero-order chi connectivity index (χ0) is 0. The zero-order valence-electron chi connectivity index (χ0n) is 1.97. The topological polar surface area (TPSA) is 0 Å². The van der Waals surface area contributed by atoms with Crippen LogP contribution in [0, 0.1) is 0 Å².